The summed E-state index contributed by atoms with van der Waals surface area (Å²) in [5.74, 6) is 0.494. The molecule has 1 atom stereocenters. The Kier molecular flexibility index (Phi) is 9.31. The number of benzene rings is 1. The van der Waals surface area contributed by atoms with Crippen LogP contribution in [0.1, 0.15) is 50.2 Å². The number of likely N-dealkylation sites (N-methyl/N-ethyl adjacent to an activating group) is 2. The average molecular weight is 529 g/mol. The van der Waals surface area contributed by atoms with Crippen LogP contribution in [0.25, 0.3) is 0 Å². The van der Waals surface area contributed by atoms with Gasteiger partial charge in [0.25, 0.3) is 0 Å². The Balaban J connectivity index is 1.42. The second kappa shape index (κ2) is 12.5. The molecule has 4 rings (SSSR count). The molecule has 3 aliphatic rings. The lowest BCUT2D eigenvalue weighted by Gasteiger charge is -2.43. The lowest BCUT2D eigenvalue weighted by atomic mass is 9.78. The number of piperidine rings is 2. The van der Waals surface area contributed by atoms with Gasteiger partial charge in [0.2, 0.25) is 11.8 Å². The first-order valence-electron chi connectivity index (χ1n) is 14.1. The van der Waals surface area contributed by atoms with Crippen molar-refractivity contribution in [3.63, 3.8) is 0 Å². The Morgan fingerprint density at radius 3 is 2.53 bits per heavy atom. The second-order valence-electron chi connectivity index (χ2n) is 11.4. The van der Waals surface area contributed by atoms with Crippen LogP contribution in [0.3, 0.4) is 0 Å². The molecule has 0 radical (unpaired) electrons. The van der Waals surface area contributed by atoms with Crippen molar-refractivity contribution in [2.24, 2.45) is 5.41 Å². The van der Waals surface area contributed by atoms with Crippen LogP contribution in [0.15, 0.2) is 18.2 Å². The van der Waals surface area contributed by atoms with Crippen LogP contribution >= 0.6 is 0 Å². The van der Waals surface area contributed by atoms with Gasteiger partial charge in [0.1, 0.15) is 23.8 Å². The Labute approximate surface area is 227 Å². The van der Waals surface area contributed by atoms with E-state index in [0.717, 1.165) is 38.1 Å². The van der Waals surface area contributed by atoms with E-state index >= 15 is 0 Å². The highest BCUT2D eigenvalue weighted by atomic mass is 16.5. The van der Waals surface area contributed by atoms with Gasteiger partial charge in [-0.1, -0.05) is 6.07 Å². The molecule has 0 saturated carbocycles. The van der Waals surface area contributed by atoms with E-state index in [0.29, 0.717) is 52.0 Å². The third-order valence-corrected chi connectivity index (χ3v) is 8.20. The van der Waals surface area contributed by atoms with Crippen LogP contribution < -0.4 is 4.74 Å². The third kappa shape index (κ3) is 6.49. The molecule has 2 fully saturated rings. The summed E-state index contributed by atoms with van der Waals surface area (Å²) >= 11 is 0. The number of amides is 2. The lowest BCUT2D eigenvalue weighted by Crippen LogP contribution is -2.57. The van der Waals surface area contributed by atoms with Crippen LogP contribution in [-0.2, 0) is 32.1 Å². The zero-order valence-corrected chi connectivity index (χ0v) is 23.5. The van der Waals surface area contributed by atoms with E-state index in [1.54, 1.807) is 4.90 Å². The molecule has 0 aliphatic carbocycles. The van der Waals surface area contributed by atoms with Crippen LogP contribution in [0.2, 0.25) is 0 Å². The van der Waals surface area contributed by atoms with E-state index in [1.807, 2.05) is 36.9 Å². The van der Waals surface area contributed by atoms with Crippen LogP contribution in [0.4, 0.5) is 0 Å². The number of carbonyl (C=O) groups excluding carboxylic acids is 3. The van der Waals surface area contributed by atoms with Gasteiger partial charge in [0.05, 0.1) is 13.2 Å². The average Bonchev–Trinajstić information content (AvgIpc) is 2.91. The molecule has 9 nitrogen and oxygen atoms in total. The maximum absolute atomic E-state index is 13.6. The van der Waals surface area contributed by atoms with E-state index < -0.39 is 11.5 Å². The van der Waals surface area contributed by atoms with E-state index in [-0.39, 0.29) is 24.4 Å². The van der Waals surface area contributed by atoms with Crippen molar-refractivity contribution in [3.05, 3.63) is 29.3 Å². The quantitative estimate of drug-likeness (QED) is 0.479. The van der Waals surface area contributed by atoms with Crippen molar-refractivity contribution >= 4 is 17.8 Å². The highest BCUT2D eigenvalue weighted by Crippen LogP contribution is 2.35. The SMILES string of the molecule is CCOC(=O)C1(COc2ccc3c(c2)CN(C)CC3)CCN(C(=O)C2CCCCN2C(=O)CN(C)C)CC1. The van der Waals surface area contributed by atoms with Crippen molar-refractivity contribution in [2.45, 2.75) is 58.0 Å². The molecule has 0 spiro atoms. The van der Waals surface area contributed by atoms with Gasteiger partial charge in [0.15, 0.2) is 0 Å². The zero-order valence-electron chi connectivity index (χ0n) is 23.5. The maximum Gasteiger partial charge on any atom is 0.315 e. The van der Waals surface area contributed by atoms with Crippen LogP contribution in [0, 0.1) is 5.41 Å². The minimum Gasteiger partial charge on any atom is -0.492 e. The molecule has 2 saturated heterocycles. The summed E-state index contributed by atoms with van der Waals surface area (Å²) in [5, 5.41) is 0. The summed E-state index contributed by atoms with van der Waals surface area (Å²) in [6.07, 6.45) is 4.53. The third-order valence-electron chi connectivity index (χ3n) is 8.20. The standard InChI is InChI=1S/C29H44N4O5/c1-5-37-28(36)29(21-38-24-10-9-22-11-15-31(4)19-23(22)18-24)12-16-32(17-13-29)27(35)25-8-6-7-14-33(25)26(34)20-30(2)3/h9-10,18,25H,5-8,11-17,19-21H2,1-4H3. The Hall–Kier alpha value is -2.65. The van der Waals surface area contributed by atoms with Crippen molar-refractivity contribution in [1.29, 1.82) is 0 Å². The molecule has 210 valence electrons. The Bertz CT molecular complexity index is 1000. The predicted octanol–water partition coefficient (Wildman–Crippen LogP) is 2.17. The molecule has 1 aromatic carbocycles. The number of rotatable bonds is 8. The van der Waals surface area contributed by atoms with E-state index in [9.17, 15) is 14.4 Å². The molecule has 0 aromatic heterocycles. The van der Waals surface area contributed by atoms with Gasteiger partial charge in [-0.05, 0) is 89.9 Å². The molecule has 0 bridgehead atoms. The summed E-state index contributed by atoms with van der Waals surface area (Å²) in [5.41, 5.74) is 1.82. The van der Waals surface area contributed by atoms with E-state index in [4.69, 9.17) is 9.47 Å². The minimum absolute atomic E-state index is 0.00410. The molecular formula is C29H44N4O5. The number of nitrogens with zero attached hydrogens (tertiary/aromatic N) is 4. The highest BCUT2D eigenvalue weighted by molar-refractivity contribution is 5.89. The fraction of sp³-hybridized carbons (Fsp3) is 0.690. The number of likely N-dealkylation sites (tertiary alicyclic amines) is 2. The molecule has 0 N–H and O–H groups in total. The van der Waals surface area contributed by atoms with Gasteiger partial charge in [-0.25, -0.2) is 0 Å². The lowest BCUT2D eigenvalue weighted by molar-refractivity contribution is -0.163. The molecular weight excluding hydrogens is 484 g/mol. The maximum atomic E-state index is 13.6. The molecule has 3 aliphatic heterocycles. The Morgan fingerprint density at radius 2 is 1.82 bits per heavy atom. The minimum atomic E-state index is -0.799. The summed E-state index contributed by atoms with van der Waals surface area (Å²) in [7, 11) is 5.85. The number of ether oxygens (including phenoxy) is 2. The fourth-order valence-corrected chi connectivity index (χ4v) is 5.89. The van der Waals surface area contributed by atoms with Crippen LogP contribution in [-0.4, -0.2) is 111 Å². The first kappa shape index (κ1) is 28.4. The van der Waals surface area contributed by atoms with Crippen molar-refractivity contribution in [3.8, 4) is 5.75 Å². The monoisotopic (exact) mass is 528 g/mol. The second-order valence-corrected chi connectivity index (χ2v) is 11.4. The number of carbonyl (C=O) groups is 3. The van der Waals surface area contributed by atoms with Gasteiger partial charge < -0.3 is 29.1 Å². The van der Waals surface area contributed by atoms with Crippen LogP contribution in [0.5, 0.6) is 5.75 Å². The summed E-state index contributed by atoms with van der Waals surface area (Å²) < 4.78 is 11.7. The molecule has 9 heteroatoms. The van der Waals surface area contributed by atoms with Crippen molar-refractivity contribution < 1.29 is 23.9 Å². The van der Waals surface area contributed by atoms with Crippen molar-refractivity contribution in [1.82, 2.24) is 19.6 Å². The number of fused-ring (bicyclic) bond motifs is 1. The zero-order chi connectivity index (χ0) is 27.3. The fourth-order valence-electron chi connectivity index (χ4n) is 5.89. The van der Waals surface area contributed by atoms with Gasteiger partial charge in [-0.3, -0.25) is 14.4 Å². The number of esters is 1. The molecule has 38 heavy (non-hydrogen) atoms. The predicted molar refractivity (Wildman–Crippen MR) is 145 cm³/mol. The van der Waals surface area contributed by atoms with Gasteiger partial charge in [-0.2, -0.15) is 0 Å². The molecule has 1 unspecified atom stereocenters. The first-order chi connectivity index (χ1) is 18.2. The Morgan fingerprint density at radius 1 is 1.05 bits per heavy atom. The topological polar surface area (TPSA) is 82.6 Å². The highest BCUT2D eigenvalue weighted by Gasteiger charge is 2.46. The number of hydrogen-bond acceptors (Lipinski definition) is 7. The summed E-state index contributed by atoms with van der Waals surface area (Å²) in [6, 6.07) is 5.79. The normalized spacial score (nSPS) is 21.7. The molecule has 2 amide bonds. The van der Waals surface area contributed by atoms with E-state index in [2.05, 4.69) is 24.1 Å². The van der Waals surface area contributed by atoms with Gasteiger partial charge in [0, 0.05) is 32.7 Å². The first-order valence-corrected chi connectivity index (χ1v) is 14.1. The summed E-state index contributed by atoms with van der Waals surface area (Å²) in [4.78, 5) is 47.3. The largest absolute Gasteiger partial charge is 0.492 e. The smallest absolute Gasteiger partial charge is 0.315 e. The number of hydrogen-bond donors (Lipinski definition) is 0. The molecule has 3 heterocycles. The summed E-state index contributed by atoms with van der Waals surface area (Å²) in [6.45, 7) is 6.09. The van der Waals surface area contributed by atoms with Gasteiger partial charge in [-0.15, -0.1) is 0 Å². The molecule has 1 aromatic rings. The van der Waals surface area contributed by atoms with Gasteiger partial charge >= 0.3 is 5.97 Å². The van der Waals surface area contributed by atoms with E-state index in [1.165, 1.54) is 11.1 Å². The van der Waals surface area contributed by atoms with Crippen molar-refractivity contribution in [2.75, 3.05) is 67.1 Å².